The van der Waals surface area contributed by atoms with Crippen LogP contribution in [0.2, 0.25) is 0 Å². The Hall–Kier alpha value is -11.4. The number of ether oxygens (including phenoxy) is 9. The molecule has 9 aliphatic rings. The highest BCUT2D eigenvalue weighted by atomic mass is 32.1. The molecular weight excluding hydrogens is 1630 g/mol. The molecule has 3 amide bonds. The molecule has 40 nitrogen and oxygen atoms in total. The summed E-state index contributed by atoms with van der Waals surface area (Å²) in [6.07, 6.45) is 21.4. The lowest BCUT2D eigenvalue weighted by Gasteiger charge is -2.32. The maximum absolute atomic E-state index is 11.7. The third kappa shape index (κ3) is 18.9. The number of likely N-dealkylation sites (N-methyl/N-ethyl adjacent to an activating group) is 1. The topological polar surface area (TPSA) is 435 Å². The number of fused-ring (bicyclic) bond motifs is 6. The minimum atomic E-state index is -0.310. The summed E-state index contributed by atoms with van der Waals surface area (Å²) in [5.74, 6) is 2.80. The number of nitrogen functional groups attached to an aromatic ring is 1. The van der Waals surface area contributed by atoms with E-state index in [9.17, 15) is 14.4 Å². The first kappa shape index (κ1) is 83.5. The number of hydrogen-bond acceptors (Lipinski definition) is 35. The van der Waals surface area contributed by atoms with Crippen LogP contribution in [0.5, 0.6) is 0 Å². The summed E-state index contributed by atoms with van der Waals surface area (Å²) in [5, 5.41) is 35.0. The molecule has 20 heterocycles. The van der Waals surface area contributed by atoms with Gasteiger partial charge in [0.05, 0.1) is 160 Å². The second kappa shape index (κ2) is 38.8. The van der Waals surface area contributed by atoms with Crippen LogP contribution in [0.15, 0.2) is 72.2 Å². The zero-order valence-electron chi connectivity index (χ0n) is 69.5. The number of benzene rings is 1. The first-order chi connectivity index (χ1) is 60.9. The Morgan fingerprint density at radius 1 is 0.444 bits per heavy atom. The largest absolute Gasteiger partial charge is 0.469 e. The summed E-state index contributed by atoms with van der Waals surface area (Å²) in [6, 6.07) is 8.56. The number of amides is 3. The van der Waals surface area contributed by atoms with Crippen LogP contribution in [-0.4, -0.2) is 295 Å². The normalized spacial score (nSPS) is 19.8. The van der Waals surface area contributed by atoms with Crippen molar-refractivity contribution >= 4 is 119 Å². The van der Waals surface area contributed by atoms with Crippen molar-refractivity contribution in [3.63, 3.8) is 0 Å². The van der Waals surface area contributed by atoms with Crippen LogP contribution in [0.4, 0.5) is 38.9 Å². The number of carbonyl (C=O) groups is 3. The first-order valence-electron chi connectivity index (χ1n) is 42.5. The molecule has 2 bridgehead atoms. The van der Waals surface area contributed by atoms with Crippen molar-refractivity contribution in [2.45, 2.75) is 113 Å². The summed E-state index contributed by atoms with van der Waals surface area (Å²) in [5.41, 5.74) is 16.3. The van der Waals surface area contributed by atoms with E-state index < -0.39 is 0 Å². The van der Waals surface area contributed by atoms with Gasteiger partial charge in [0, 0.05) is 147 Å². The Kier molecular flexibility index (Phi) is 26.2. The number of nitrogens with one attached hydrogen (secondary N) is 3. The molecule has 0 spiro atoms. The van der Waals surface area contributed by atoms with Crippen molar-refractivity contribution in [1.82, 2.24) is 110 Å². The van der Waals surface area contributed by atoms with E-state index in [1.165, 1.54) is 29.8 Å². The monoisotopic (exact) mass is 1730 g/mol. The number of methoxy groups -OCH3 is 1. The summed E-state index contributed by atoms with van der Waals surface area (Å²) in [7, 11) is 4.57. The third-order valence-corrected chi connectivity index (χ3v) is 24.8. The lowest BCUT2D eigenvalue weighted by molar-refractivity contribution is -0.139. The van der Waals surface area contributed by atoms with E-state index in [1.807, 2.05) is 78.5 Å². The van der Waals surface area contributed by atoms with Gasteiger partial charge in [0.1, 0.15) is 28.6 Å². The molecule has 1 aromatic carbocycles. The molecule has 9 aliphatic heterocycles. The van der Waals surface area contributed by atoms with Crippen molar-refractivity contribution in [3.05, 3.63) is 83.6 Å². The lowest BCUT2D eigenvalue weighted by Crippen LogP contribution is -2.43. The maximum Gasteiger partial charge on any atom is 0.320 e. The van der Waals surface area contributed by atoms with E-state index in [0.29, 0.717) is 91.6 Å². The van der Waals surface area contributed by atoms with Crippen molar-refractivity contribution < 1.29 is 57.0 Å². The van der Waals surface area contributed by atoms with Crippen molar-refractivity contribution in [2.75, 3.05) is 197 Å². The predicted octanol–water partition coefficient (Wildman–Crippen LogP) is 7.30. The Bertz CT molecular complexity index is 5660. The Balaban J connectivity index is 0.000000113. The average Bonchev–Trinajstić information content (AvgIpc) is 1.63. The second-order valence-electron chi connectivity index (χ2n) is 31.4. The minimum absolute atomic E-state index is 0.130. The predicted molar refractivity (Wildman–Crippen MR) is 462 cm³/mol. The van der Waals surface area contributed by atoms with E-state index in [2.05, 4.69) is 70.8 Å². The molecule has 3 unspecified atom stereocenters. The molecule has 11 aromatic heterocycles. The summed E-state index contributed by atoms with van der Waals surface area (Å²) in [4.78, 5) is 101. The zero-order valence-corrected chi connectivity index (χ0v) is 71.1. The summed E-state index contributed by atoms with van der Waals surface area (Å²) < 4.78 is 57.7. The molecule has 42 heteroatoms. The third-order valence-electron chi connectivity index (χ3n) is 23.4. The molecule has 9 saturated heterocycles. The Labute approximate surface area is 720 Å². The molecule has 0 aliphatic carbocycles. The van der Waals surface area contributed by atoms with Gasteiger partial charge >= 0.3 is 12.0 Å². The fourth-order valence-corrected chi connectivity index (χ4v) is 17.9. The molecule has 3 atom stereocenters. The molecule has 21 rings (SSSR count). The number of carbonyl (C=O) groups excluding carboxylic acids is 3. The molecule has 12 aromatic rings. The fourth-order valence-electron chi connectivity index (χ4n) is 16.7. The molecule has 0 radical (unpaired) electrons. The number of hydrogen-bond donors (Lipinski definition) is 4. The number of urea groups is 1. The molecule has 9 fully saturated rings. The van der Waals surface area contributed by atoms with Crippen LogP contribution in [0.3, 0.4) is 0 Å². The molecule has 124 heavy (non-hydrogen) atoms. The number of esters is 1. The Morgan fingerprint density at radius 2 is 0.871 bits per heavy atom. The number of nitrogens with two attached hydrogens (primary N) is 1. The van der Waals surface area contributed by atoms with E-state index in [4.69, 9.17) is 93.3 Å². The van der Waals surface area contributed by atoms with E-state index >= 15 is 0 Å². The van der Waals surface area contributed by atoms with Crippen molar-refractivity contribution in [3.8, 4) is 45.3 Å². The number of nitrogens with zero attached hydrogens (tertiary/aromatic N) is 24. The number of thiazole rings is 2. The van der Waals surface area contributed by atoms with Crippen LogP contribution in [-0.2, 0) is 65.1 Å². The number of rotatable bonds is 17. The van der Waals surface area contributed by atoms with Crippen LogP contribution in [0.1, 0.15) is 99.8 Å². The van der Waals surface area contributed by atoms with Gasteiger partial charge in [0.25, 0.3) is 0 Å². The van der Waals surface area contributed by atoms with Crippen LogP contribution >= 0.6 is 22.7 Å². The maximum atomic E-state index is 11.7. The molecule has 5 N–H and O–H groups in total. The van der Waals surface area contributed by atoms with Crippen LogP contribution in [0, 0.1) is 0 Å². The number of morpholine rings is 4. The van der Waals surface area contributed by atoms with Gasteiger partial charge in [-0.1, -0.05) is 24.3 Å². The number of anilines is 6. The highest BCUT2D eigenvalue weighted by Crippen LogP contribution is 2.40. The smallest absolute Gasteiger partial charge is 0.320 e. The zero-order chi connectivity index (χ0) is 84.4. The highest BCUT2D eigenvalue weighted by Gasteiger charge is 2.37. The summed E-state index contributed by atoms with van der Waals surface area (Å²) in [6.45, 7) is 15.9. The van der Waals surface area contributed by atoms with Gasteiger partial charge in [-0.3, -0.25) is 14.9 Å². The Morgan fingerprint density at radius 3 is 1.31 bits per heavy atom. The van der Waals surface area contributed by atoms with E-state index in [1.54, 1.807) is 26.5 Å². The SMILES string of the molecule is CNC(=O)Cc1ncc(-c2nc(N3CCOCC3)nc3c2cnn3C2CCOCC2)cn1.CNC(=O)Nc1nc(-c2nc(N3CCOCC3)nc3c2cnn3C2CCOCC2)cs1.COC(=O)Cc1ccc(-c2nc(N3CC4CCC(C3)O4)nc3c2cnn3C2CCCOC2)cc1.Nc1nc(-c2nc(N3CCOCC3)nc3c2cnn3C2CCOCC2)cs1. The quantitative estimate of drug-likeness (QED) is 0.0649. The van der Waals surface area contributed by atoms with Crippen molar-refractivity contribution in [2.24, 2.45) is 0 Å². The molecule has 0 saturated carbocycles. The van der Waals surface area contributed by atoms with Gasteiger partial charge < -0.3 is 78.6 Å². The minimum Gasteiger partial charge on any atom is -0.469 e. The van der Waals surface area contributed by atoms with E-state index in [0.717, 1.165) is 252 Å². The fraction of sp³-hybridized carbons (Fsp3) is 0.524. The molecule has 652 valence electrons. The van der Waals surface area contributed by atoms with E-state index in [-0.39, 0.29) is 67.1 Å². The average molecular weight is 1730 g/mol. The summed E-state index contributed by atoms with van der Waals surface area (Å²) >= 11 is 2.77. The standard InChI is InChI=1S/C25H29N5O4.C21H26N8O3.C19H24N8O3S.C17H21N7O2S/c1-32-22(31)11-16-4-6-17(7-5-16)23-21-12-26-30(18-3-2-10-33-15-18)24(21)28-25(27-23)29-13-19-8-9-20(14-29)34-19;1-22-18(30)10-17-23-11-14(12-24-17)19-16-13-25-29(15-2-6-31-7-3-15)20(16)27-21(26-19)28-4-8-32-9-5-28;1-20-18(28)25-19-22-14(11-31-19)15-13-10-21-27(12-2-6-29-7-3-12)16(13)24-17(23-15)26-4-8-30-9-5-26;18-16-20-13(10-27-16)14-12-9-19-24(11-1-5-25-6-2-11)15(12)22-17(21-14)23-3-7-26-8-4-23/h4-7,12,18-20H,2-3,8-11,13-15H2,1H3;11-13,15H,2-10H2,1H3,(H,22,30);10-12H,2-9H2,1H3,(H2,20,22,25,28);9-11H,1-8H2,(H2,18,20). The van der Waals surface area contributed by atoms with Gasteiger partial charge in [-0.05, 0) is 69.8 Å². The van der Waals surface area contributed by atoms with Crippen LogP contribution in [0.25, 0.3) is 89.4 Å². The molecular formula is C82H100N28O12S2. The highest BCUT2D eigenvalue weighted by molar-refractivity contribution is 7.14. The van der Waals surface area contributed by atoms with Gasteiger partial charge in [-0.15, -0.1) is 22.7 Å². The van der Waals surface area contributed by atoms with Gasteiger partial charge in [-0.25, -0.2) is 63.4 Å². The van der Waals surface area contributed by atoms with Crippen molar-refractivity contribution in [1.29, 1.82) is 0 Å². The van der Waals surface area contributed by atoms with Gasteiger partial charge in [0.2, 0.25) is 29.7 Å². The second-order valence-corrected chi connectivity index (χ2v) is 33.1. The van der Waals surface area contributed by atoms with Crippen LogP contribution < -0.4 is 41.3 Å². The van der Waals surface area contributed by atoms with Gasteiger partial charge in [-0.2, -0.15) is 40.3 Å². The van der Waals surface area contributed by atoms with Gasteiger partial charge in [0.15, 0.2) is 32.9 Å². The first-order valence-corrected chi connectivity index (χ1v) is 44.2. The number of aromatic nitrogens is 20. The lowest BCUT2D eigenvalue weighted by atomic mass is 10.1.